The van der Waals surface area contributed by atoms with Crippen molar-refractivity contribution in [3.63, 3.8) is 0 Å². The van der Waals surface area contributed by atoms with Gasteiger partial charge in [-0.05, 0) is 42.1 Å². The normalized spacial score (nSPS) is 21.5. The Kier molecular flexibility index (Phi) is 4.44. The summed E-state index contributed by atoms with van der Waals surface area (Å²) in [5, 5.41) is 8.89. The van der Waals surface area contributed by atoms with Crippen LogP contribution in [-0.2, 0) is 4.79 Å². The molecule has 1 aliphatic carbocycles. The number of rotatable bonds is 6. The van der Waals surface area contributed by atoms with E-state index in [4.69, 9.17) is 0 Å². The molecule has 1 amide bonds. The van der Waals surface area contributed by atoms with Crippen molar-refractivity contribution in [3.05, 3.63) is 48.0 Å². The van der Waals surface area contributed by atoms with E-state index in [1.165, 1.54) is 16.3 Å². The lowest BCUT2D eigenvalue weighted by atomic mass is 10.0. The van der Waals surface area contributed by atoms with Crippen molar-refractivity contribution < 1.29 is 4.79 Å². The SMILES string of the molecule is CCN[C@H](C)CNC(=O)C1CC1c1ccc2ccccc2c1. The highest BCUT2D eigenvalue weighted by atomic mass is 16.2. The van der Waals surface area contributed by atoms with E-state index in [-0.39, 0.29) is 11.8 Å². The van der Waals surface area contributed by atoms with E-state index in [0.29, 0.717) is 18.5 Å². The van der Waals surface area contributed by atoms with Gasteiger partial charge in [0.2, 0.25) is 5.91 Å². The molecule has 3 nitrogen and oxygen atoms in total. The summed E-state index contributed by atoms with van der Waals surface area (Å²) in [4.78, 5) is 12.2. The zero-order valence-corrected chi connectivity index (χ0v) is 13.3. The Morgan fingerprint density at radius 2 is 2.00 bits per heavy atom. The van der Waals surface area contributed by atoms with Gasteiger partial charge in [-0.2, -0.15) is 0 Å². The van der Waals surface area contributed by atoms with Gasteiger partial charge in [0.1, 0.15) is 0 Å². The lowest BCUT2D eigenvalue weighted by Crippen LogP contribution is -2.39. The summed E-state index contributed by atoms with van der Waals surface area (Å²) in [6, 6.07) is 15.3. The second-order valence-electron chi connectivity index (χ2n) is 6.26. The molecule has 0 spiro atoms. The minimum Gasteiger partial charge on any atom is -0.354 e. The van der Waals surface area contributed by atoms with Gasteiger partial charge in [-0.3, -0.25) is 4.79 Å². The monoisotopic (exact) mass is 296 g/mol. The number of benzene rings is 2. The Hall–Kier alpha value is -1.87. The van der Waals surface area contributed by atoms with E-state index in [1.807, 2.05) is 0 Å². The van der Waals surface area contributed by atoms with Crippen LogP contribution in [0.25, 0.3) is 10.8 Å². The van der Waals surface area contributed by atoms with Crippen LogP contribution in [0.3, 0.4) is 0 Å². The molecule has 0 saturated heterocycles. The number of fused-ring (bicyclic) bond motifs is 1. The summed E-state index contributed by atoms with van der Waals surface area (Å²) >= 11 is 0. The fourth-order valence-electron chi connectivity index (χ4n) is 3.10. The highest BCUT2D eigenvalue weighted by Crippen LogP contribution is 2.48. The van der Waals surface area contributed by atoms with Crippen molar-refractivity contribution >= 4 is 16.7 Å². The maximum atomic E-state index is 12.2. The van der Waals surface area contributed by atoms with E-state index >= 15 is 0 Å². The number of nitrogens with one attached hydrogen (secondary N) is 2. The van der Waals surface area contributed by atoms with Crippen LogP contribution in [0.5, 0.6) is 0 Å². The predicted molar refractivity (Wildman–Crippen MR) is 90.9 cm³/mol. The molecule has 0 bridgehead atoms. The summed E-state index contributed by atoms with van der Waals surface area (Å²) in [6.07, 6.45) is 0.972. The molecule has 3 heteroatoms. The number of amides is 1. The maximum absolute atomic E-state index is 12.2. The van der Waals surface area contributed by atoms with Gasteiger partial charge in [0.25, 0.3) is 0 Å². The van der Waals surface area contributed by atoms with Crippen LogP contribution in [0, 0.1) is 5.92 Å². The molecule has 2 aromatic rings. The first-order valence-electron chi connectivity index (χ1n) is 8.19. The predicted octanol–water partition coefficient (Wildman–Crippen LogP) is 3.06. The molecule has 0 heterocycles. The van der Waals surface area contributed by atoms with Gasteiger partial charge in [0.15, 0.2) is 0 Å². The van der Waals surface area contributed by atoms with E-state index in [0.717, 1.165) is 13.0 Å². The zero-order valence-electron chi connectivity index (χ0n) is 13.3. The molecule has 116 valence electrons. The van der Waals surface area contributed by atoms with Gasteiger partial charge >= 0.3 is 0 Å². The van der Waals surface area contributed by atoms with Gasteiger partial charge in [-0.25, -0.2) is 0 Å². The Balaban J connectivity index is 1.59. The van der Waals surface area contributed by atoms with E-state index in [1.54, 1.807) is 0 Å². The number of carbonyl (C=O) groups excluding carboxylic acids is 1. The average molecular weight is 296 g/mol. The molecule has 22 heavy (non-hydrogen) atoms. The standard InChI is InChI=1S/C19H24N2O/c1-3-20-13(2)12-21-19(22)18-11-17(18)16-9-8-14-6-4-5-7-15(14)10-16/h4-10,13,17-18,20H,3,11-12H2,1-2H3,(H,21,22)/t13-,17?,18?/m1/s1. The molecule has 3 rings (SSSR count). The van der Waals surface area contributed by atoms with E-state index < -0.39 is 0 Å². The highest BCUT2D eigenvalue weighted by Gasteiger charge is 2.43. The first-order valence-corrected chi connectivity index (χ1v) is 8.19. The number of carbonyl (C=O) groups is 1. The smallest absolute Gasteiger partial charge is 0.223 e. The molecule has 1 aliphatic rings. The van der Waals surface area contributed by atoms with Crippen LogP contribution in [-0.4, -0.2) is 25.0 Å². The third kappa shape index (κ3) is 3.30. The number of hydrogen-bond donors (Lipinski definition) is 2. The third-order valence-corrected chi connectivity index (χ3v) is 4.46. The van der Waals surface area contributed by atoms with Crippen molar-refractivity contribution in [2.24, 2.45) is 5.92 Å². The van der Waals surface area contributed by atoms with Crippen molar-refractivity contribution in [2.75, 3.05) is 13.1 Å². The third-order valence-electron chi connectivity index (χ3n) is 4.46. The molecule has 1 saturated carbocycles. The largest absolute Gasteiger partial charge is 0.354 e. The Morgan fingerprint density at radius 1 is 1.23 bits per heavy atom. The van der Waals surface area contributed by atoms with Gasteiger partial charge < -0.3 is 10.6 Å². The van der Waals surface area contributed by atoms with Gasteiger partial charge in [-0.15, -0.1) is 0 Å². The molecular weight excluding hydrogens is 272 g/mol. The Bertz CT molecular complexity index is 667. The summed E-state index contributed by atoms with van der Waals surface area (Å²) in [7, 11) is 0. The molecule has 2 aromatic carbocycles. The first kappa shape index (κ1) is 15.0. The molecule has 0 aliphatic heterocycles. The second-order valence-corrected chi connectivity index (χ2v) is 6.26. The molecule has 3 atom stereocenters. The van der Waals surface area contributed by atoms with Crippen molar-refractivity contribution in [1.29, 1.82) is 0 Å². The molecule has 2 unspecified atom stereocenters. The lowest BCUT2D eigenvalue weighted by Gasteiger charge is -2.13. The fourth-order valence-corrected chi connectivity index (χ4v) is 3.10. The van der Waals surface area contributed by atoms with Crippen LogP contribution < -0.4 is 10.6 Å². The molecule has 1 fully saturated rings. The summed E-state index contributed by atoms with van der Waals surface area (Å²) < 4.78 is 0. The Labute approximate surface area is 132 Å². The van der Waals surface area contributed by atoms with E-state index in [9.17, 15) is 4.79 Å². The Morgan fingerprint density at radius 3 is 2.77 bits per heavy atom. The summed E-state index contributed by atoms with van der Waals surface area (Å²) in [6.45, 7) is 5.81. The van der Waals surface area contributed by atoms with Crippen molar-refractivity contribution in [1.82, 2.24) is 10.6 Å². The highest BCUT2D eigenvalue weighted by molar-refractivity contribution is 5.85. The summed E-state index contributed by atoms with van der Waals surface area (Å²) in [5.74, 6) is 0.733. The van der Waals surface area contributed by atoms with Crippen molar-refractivity contribution in [3.8, 4) is 0 Å². The van der Waals surface area contributed by atoms with E-state index in [2.05, 4.69) is 66.9 Å². The zero-order chi connectivity index (χ0) is 15.5. The molecule has 0 radical (unpaired) electrons. The van der Waals surface area contributed by atoms with Gasteiger partial charge in [-0.1, -0.05) is 49.4 Å². The average Bonchev–Trinajstić information content (AvgIpc) is 3.33. The topological polar surface area (TPSA) is 41.1 Å². The first-order chi connectivity index (χ1) is 10.7. The van der Waals surface area contributed by atoms with Crippen LogP contribution in [0.1, 0.15) is 31.7 Å². The maximum Gasteiger partial charge on any atom is 0.223 e. The minimum atomic E-state index is 0.148. The molecular formula is C19H24N2O. The lowest BCUT2D eigenvalue weighted by molar-refractivity contribution is -0.122. The van der Waals surface area contributed by atoms with Crippen molar-refractivity contribution in [2.45, 2.75) is 32.2 Å². The summed E-state index contributed by atoms with van der Waals surface area (Å²) in [5.41, 5.74) is 1.29. The number of hydrogen-bond acceptors (Lipinski definition) is 2. The van der Waals surface area contributed by atoms with Gasteiger partial charge in [0, 0.05) is 18.5 Å². The van der Waals surface area contributed by atoms with Crippen LogP contribution in [0.2, 0.25) is 0 Å². The second kappa shape index (κ2) is 6.49. The molecule has 2 N–H and O–H groups in total. The minimum absolute atomic E-state index is 0.148. The molecule has 0 aromatic heterocycles. The van der Waals surface area contributed by atoms with Crippen LogP contribution in [0.15, 0.2) is 42.5 Å². The quantitative estimate of drug-likeness (QED) is 0.860. The fraction of sp³-hybridized carbons (Fsp3) is 0.421. The van der Waals surface area contributed by atoms with Gasteiger partial charge in [0.05, 0.1) is 0 Å². The number of likely N-dealkylation sites (N-methyl/N-ethyl adjacent to an activating group) is 1. The van der Waals surface area contributed by atoms with Crippen LogP contribution >= 0.6 is 0 Å². The van der Waals surface area contributed by atoms with Crippen LogP contribution in [0.4, 0.5) is 0 Å².